The number of amides is 2. The number of aliphatic hydroxyl groups excluding tert-OH is 2. The molecule has 2 amide bonds. The number of likely N-dealkylation sites (tertiary alicyclic amines) is 1. The number of hydrogen-bond donors (Lipinski definition) is 2. The maximum Gasteiger partial charge on any atom is 0.236 e. The first kappa shape index (κ1) is 11.8. The molecule has 2 bridgehead atoms. The number of carbonyl (C=O) groups is 2. The van der Waals surface area contributed by atoms with Gasteiger partial charge in [0, 0.05) is 13.2 Å². The van der Waals surface area contributed by atoms with E-state index in [-0.39, 0.29) is 31.6 Å². The largest absolute Gasteiger partial charge is 0.396 e. The van der Waals surface area contributed by atoms with E-state index in [1.54, 1.807) is 12.2 Å². The fourth-order valence-corrected chi connectivity index (χ4v) is 3.19. The molecule has 4 atom stereocenters. The highest BCUT2D eigenvalue weighted by Gasteiger charge is 2.67. The van der Waals surface area contributed by atoms with Crippen LogP contribution >= 0.6 is 0 Å². The van der Waals surface area contributed by atoms with E-state index in [0.717, 1.165) is 0 Å². The normalized spacial score (nSPS) is 41.0. The Labute approximate surface area is 104 Å². The van der Waals surface area contributed by atoms with Crippen LogP contribution in [0, 0.1) is 11.8 Å². The second-order valence-electron chi connectivity index (χ2n) is 4.96. The fraction of sp³-hybridized carbons (Fsp3) is 0.667. The SMILES string of the molecule is O=C1C2C3C=CC(CO)(O3)C2C(=O)N1CCCO. The van der Waals surface area contributed by atoms with Crippen molar-refractivity contribution in [1.82, 2.24) is 4.90 Å². The van der Waals surface area contributed by atoms with Crippen LogP contribution in [0.5, 0.6) is 0 Å². The Morgan fingerprint density at radius 3 is 2.78 bits per heavy atom. The summed E-state index contributed by atoms with van der Waals surface area (Å²) in [5.41, 5.74) is -1.02. The maximum atomic E-state index is 12.3. The number of nitrogens with zero attached hydrogens (tertiary/aromatic N) is 1. The molecule has 18 heavy (non-hydrogen) atoms. The Balaban J connectivity index is 1.90. The molecule has 0 aromatic rings. The van der Waals surface area contributed by atoms with Crippen molar-refractivity contribution in [2.24, 2.45) is 11.8 Å². The molecule has 6 heteroatoms. The van der Waals surface area contributed by atoms with Crippen molar-refractivity contribution in [2.75, 3.05) is 19.8 Å². The van der Waals surface area contributed by atoms with Gasteiger partial charge in [0.25, 0.3) is 0 Å². The second-order valence-corrected chi connectivity index (χ2v) is 4.96. The van der Waals surface area contributed by atoms with Gasteiger partial charge in [0.2, 0.25) is 11.8 Å². The van der Waals surface area contributed by atoms with Crippen LogP contribution in [0.4, 0.5) is 0 Å². The first-order valence-electron chi connectivity index (χ1n) is 6.09. The summed E-state index contributed by atoms with van der Waals surface area (Å²) in [7, 11) is 0. The summed E-state index contributed by atoms with van der Waals surface area (Å²) in [4.78, 5) is 25.6. The molecule has 3 aliphatic heterocycles. The van der Waals surface area contributed by atoms with Gasteiger partial charge in [-0.25, -0.2) is 0 Å². The number of fused-ring (bicyclic) bond motifs is 5. The van der Waals surface area contributed by atoms with Crippen LogP contribution in [-0.2, 0) is 14.3 Å². The van der Waals surface area contributed by atoms with Gasteiger partial charge in [0.05, 0.1) is 24.5 Å². The zero-order chi connectivity index (χ0) is 12.9. The third kappa shape index (κ3) is 1.28. The Morgan fingerprint density at radius 2 is 2.11 bits per heavy atom. The summed E-state index contributed by atoms with van der Waals surface area (Å²) in [6.07, 6.45) is 3.41. The molecule has 6 nitrogen and oxygen atoms in total. The molecule has 2 fully saturated rings. The molecule has 0 aliphatic carbocycles. The fourth-order valence-electron chi connectivity index (χ4n) is 3.19. The van der Waals surface area contributed by atoms with Gasteiger partial charge in [0.15, 0.2) is 0 Å². The molecule has 3 rings (SSSR count). The molecule has 3 heterocycles. The number of ether oxygens (including phenoxy) is 1. The average Bonchev–Trinajstić information content (AvgIpc) is 3.00. The van der Waals surface area contributed by atoms with Gasteiger partial charge in [-0.1, -0.05) is 12.2 Å². The van der Waals surface area contributed by atoms with E-state index in [1.807, 2.05) is 0 Å². The standard InChI is InChI=1S/C12H15NO5/c14-5-1-4-13-10(16)8-7-2-3-12(6-15,18-7)9(8)11(13)17/h2-3,7-9,14-15H,1,4-6H2. The van der Waals surface area contributed by atoms with Gasteiger partial charge in [0.1, 0.15) is 5.60 Å². The van der Waals surface area contributed by atoms with Crippen LogP contribution < -0.4 is 0 Å². The van der Waals surface area contributed by atoms with E-state index >= 15 is 0 Å². The summed E-state index contributed by atoms with van der Waals surface area (Å²) < 4.78 is 5.59. The Bertz CT molecular complexity index is 434. The summed E-state index contributed by atoms with van der Waals surface area (Å²) in [5.74, 6) is -1.65. The van der Waals surface area contributed by atoms with Crippen LogP contribution in [0.15, 0.2) is 12.2 Å². The molecule has 2 N–H and O–H groups in total. The Morgan fingerprint density at radius 1 is 1.33 bits per heavy atom. The van der Waals surface area contributed by atoms with E-state index < -0.39 is 23.5 Å². The van der Waals surface area contributed by atoms with E-state index in [2.05, 4.69) is 0 Å². The highest BCUT2D eigenvalue weighted by molar-refractivity contribution is 6.07. The van der Waals surface area contributed by atoms with Crippen molar-refractivity contribution in [3.05, 3.63) is 12.2 Å². The predicted molar refractivity (Wildman–Crippen MR) is 59.2 cm³/mol. The number of aliphatic hydroxyl groups is 2. The molecule has 0 radical (unpaired) electrons. The summed E-state index contributed by atoms with van der Waals surface area (Å²) in [6, 6.07) is 0. The molecule has 2 saturated heterocycles. The van der Waals surface area contributed by atoms with Crippen molar-refractivity contribution in [2.45, 2.75) is 18.1 Å². The number of carbonyl (C=O) groups excluding carboxylic acids is 2. The topological polar surface area (TPSA) is 87.1 Å². The van der Waals surface area contributed by atoms with Gasteiger partial charge in [-0.3, -0.25) is 14.5 Å². The van der Waals surface area contributed by atoms with E-state index in [0.29, 0.717) is 6.42 Å². The molecule has 0 aromatic carbocycles. The van der Waals surface area contributed by atoms with E-state index in [4.69, 9.17) is 9.84 Å². The van der Waals surface area contributed by atoms with Crippen molar-refractivity contribution < 1.29 is 24.5 Å². The Kier molecular flexibility index (Phi) is 2.55. The minimum absolute atomic E-state index is 0.0598. The van der Waals surface area contributed by atoms with Crippen LogP contribution in [0.25, 0.3) is 0 Å². The highest BCUT2D eigenvalue weighted by atomic mass is 16.5. The predicted octanol–water partition coefficient (Wildman–Crippen LogP) is -1.33. The lowest BCUT2D eigenvalue weighted by Crippen LogP contribution is -2.43. The van der Waals surface area contributed by atoms with Crippen molar-refractivity contribution in [3.63, 3.8) is 0 Å². The summed E-state index contributed by atoms with van der Waals surface area (Å²) in [5, 5.41) is 18.2. The molecule has 4 unspecified atom stereocenters. The molecule has 0 aromatic heterocycles. The van der Waals surface area contributed by atoms with Crippen LogP contribution in [0.2, 0.25) is 0 Å². The van der Waals surface area contributed by atoms with E-state index in [9.17, 15) is 14.7 Å². The van der Waals surface area contributed by atoms with E-state index in [1.165, 1.54) is 4.90 Å². The van der Waals surface area contributed by atoms with Crippen molar-refractivity contribution >= 4 is 11.8 Å². The number of rotatable bonds is 4. The maximum absolute atomic E-state index is 12.3. The zero-order valence-corrected chi connectivity index (χ0v) is 9.78. The zero-order valence-electron chi connectivity index (χ0n) is 9.78. The minimum atomic E-state index is -1.02. The molecule has 0 spiro atoms. The highest BCUT2D eigenvalue weighted by Crippen LogP contribution is 2.51. The lowest BCUT2D eigenvalue weighted by molar-refractivity contribution is -0.145. The van der Waals surface area contributed by atoms with Gasteiger partial charge in [-0.15, -0.1) is 0 Å². The molecular formula is C12H15NO5. The monoisotopic (exact) mass is 253 g/mol. The van der Waals surface area contributed by atoms with Gasteiger partial charge >= 0.3 is 0 Å². The molecule has 98 valence electrons. The molecular weight excluding hydrogens is 238 g/mol. The molecule has 0 saturated carbocycles. The number of imide groups is 1. The second kappa shape index (κ2) is 3.88. The smallest absolute Gasteiger partial charge is 0.236 e. The van der Waals surface area contributed by atoms with Gasteiger partial charge in [-0.05, 0) is 6.42 Å². The molecule has 3 aliphatic rings. The van der Waals surface area contributed by atoms with Gasteiger partial charge < -0.3 is 14.9 Å². The van der Waals surface area contributed by atoms with Crippen molar-refractivity contribution in [1.29, 1.82) is 0 Å². The summed E-state index contributed by atoms with van der Waals surface area (Å²) in [6.45, 7) is -0.126. The summed E-state index contributed by atoms with van der Waals surface area (Å²) >= 11 is 0. The third-order valence-electron chi connectivity index (χ3n) is 4.03. The first-order valence-corrected chi connectivity index (χ1v) is 6.09. The average molecular weight is 253 g/mol. The quantitative estimate of drug-likeness (QED) is 0.479. The third-order valence-corrected chi connectivity index (χ3v) is 4.03. The minimum Gasteiger partial charge on any atom is -0.396 e. The lowest BCUT2D eigenvalue weighted by atomic mass is 9.77. The lowest BCUT2D eigenvalue weighted by Gasteiger charge is -2.26. The Hall–Kier alpha value is -1.24. The number of hydrogen-bond acceptors (Lipinski definition) is 5. The van der Waals surface area contributed by atoms with Crippen LogP contribution in [-0.4, -0.2) is 58.4 Å². The van der Waals surface area contributed by atoms with Crippen molar-refractivity contribution in [3.8, 4) is 0 Å². The van der Waals surface area contributed by atoms with Crippen LogP contribution in [0.3, 0.4) is 0 Å². The van der Waals surface area contributed by atoms with Gasteiger partial charge in [-0.2, -0.15) is 0 Å². The van der Waals surface area contributed by atoms with Crippen LogP contribution in [0.1, 0.15) is 6.42 Å². The first-order chi connectivity index (χ1) is 8.64.